The second-order valence-electron chi connectivity index (χ2n) is 3.85. The highest BCUT2D eigenvalue weighted by Crippen LogP contribution is 2.31. The van der Waals surface area contributed by atoms with Crippen LogP contribution in [0.25, 0.3) is 0 Å². The average Bonchev–Trinajstić information content (AvgIpc) is 2.69. The van der Waals surface area contributed by atoms with E-state index in [1.165, 1.54) is 0 Å². The van der Waals surface area contributed by atoms with Gasteiger partial charge in [0.05, 0.1) is 0 Å². The van der Waals surface area contributed by atoms with E-state index in [9.17, 15) is 4.79 Å². The lowest BCUT2D eigenvalue weighted by Crippen LogP contribution is -2.13. The summed E-state index contributed by atoms with van der Waals surface area (Å²) in [4.78, 5) is 11.5. The first-order chi connectivity index (χ1) is 7.76. The van der Waals surface area contributed by atoms with Gasteiger partial charge >= 0.3 is 0 Å². The molecule has 0 aliphatic heterocycles. The zero-order valence-electron chi connectivity index (χ0n) is 9.19. The molecule has 0 saturated carbocycles. The van der Waals surface area contributed by atoms with Gasteiger partial charge in [-0.2, -0.15) is 5.26 Å². The number of Topliss-reactive ketones (excluding diaryl/α,β-unsaturated/α-hetero) is 1. The predicted octanol–water partition coefficient (Wildman–Crippen LogP) is 2.50. The van der Waals surface area contributed by atoms with E-state index in [1.54, 1.807) is 0 Å². The average molecular weight is 215 g/mol. The van der Waals surface area contributed by atoms with Crippen molar-refractivity contribution >= 4 is 5.78 Å². The fourth-order valence-electron chi connectivity index (χ4n) is 1.92. The van der Waals surface area contributed by atoms with Crippen molar-refractivity contribution < 1.29 is 9.53 Å². The number of hydrogen-bond donors (Lipinski definition) is 0. The van der Waals surface area contributed by atoms with Crippen molar-refractivity contribution in [1.82, 2.24) is 0 Å². The van der Waals surface area contributed by atoms with Gasteiger partial charge in [0.15, 0.2) is 11.9 Å². The van der Waals surface area contributed by atoms with Gasteiger partial charge in [0.1, 0.15) is 11.8 Å². The first kappa shape index (κ1) is 10.7. The third-order valence-electron chi connectivity index (χ3n) is 2.82. The van der Waals surface area contributed by atoms with E-state index >= 15 is 0 Å². The molecule has 3 nitrogen and oxygen atoms in total. The largest absolute Gasteiger partial charge is 0.475 e. The topological polar surface area (TPSA) is 50.1 Å². The van der Waals surface area contributed by atoms with E-state index in [1.807, 2.05) is 25.1 Å². The Balaban J connectivity index is 2.30. The maximum atomic E-state index is 11.5. The number of rotatable bonds is 3. The molecule has 0 spiro atoms. The van der Waals surface area contributed by atoms with Crippen LogP contribution in [0, 0.1) is 11.3 Å². The van der Waals surface area contributed by atoms with E-state index in [-0.39, 0.29) is 5.78 Å². The molecule has 0 aromatic heterocycles. The first-order valence-electron chi connectivity index (χ1n) is 5.47. The summed E-state index contributed by atoms with van der Waals surface area (Å²) in [5.74, 6) is 0.863. The highest BCUT2D eigenvalue weighted by molar-refractivity contribution is 6.01. The fourth-order valence-corrected chi connectivity index (χ4v) is 1.92. The summed E-state index contributed by atoms with van der Waals surface area (Å²) in [6.45, 7) is 1.90. The van der Waals surface area contributed by atoms with Crippen LogP contribution < -0.4 is 4.74 Å². The first-order valence-corrected chi connectivity index (χ1v) is 5.47. The van der Waals surface area contributed by atoms with E-state index in [2.05, 4.69) is 6.07 Å². The van der Waals surface area contributed by atoms with Crippen molar-refractivity contribution in [2.45, 2.75) is 32.3 Å². The molecule has 82 valence electrons. The molecule has 0 N–H and O–H groups in total. The van der Waals surface area contributed by atoms with Gasteiger partial charge in [-0.3, -0.25) is 4.79 Å². The molecule has 1 aliphatic carbocycles. The quantitative estimate of drug-likeness (QED) is 0.778. The standard InChI is InChI=1S/C13H13NO2/c1-2-9(8-14)16-13-5-3-4-10-11(13)6-7-12(10)15/h3-5,9H,2,6-7H2,1H3. The molecule has 0 heterocycles. The normalized spacial score (nSPS) is 15.4. The van der Waals surface area contributed by atoms with Crippen LogP contribution in [0.3, 0.4) is 0 Å². The molecule has 3 heteroatoms. The summed E-state index contributed by atoms with van der Waals surface area (Å²) >= 11 is 0. The van der Waals surface area contributed by atoms with Crippen LogP contribution in [0.5, 0.6) is 5.75 Å². The van der Waals surface area contributed by atoms with E-state index < -0.39 is 6.10 Å². The van der Waals surface area contributed by atoms with Gasteiger partial charge < -0.3 is 4.74 Å². The Hall–Kier alpha value is -1.82. The van der Waals surface area contributed by atoms with Gasteiger partial charge in [-0.25, -0.2) is 0 Å². The third kappa shape index (κ3) is 1.79. The Labute approximate surface area is 94.6 Å². The number of ether oxygens (including phenoxy) is 1. The van der Waals surface area contributed by atoms with Crippen molar-refractivity contribution in [3.63, 3.8) is 0 Å². The second-order valence-corrected chi connectivity index (χ2v) is 3.85. The van der Waals surface area contributed by atoms with Gasteiger partial charge in [-0.15, -0.1) is 0 Å². The highest BCUT2D eigenvalue weighted by atomic mass is 16.5. The summed E-state index contributed by atoms with van der Waals surface area (Å²) < 4.78 is 5.59. The van der Waals surface area contributed by atoms with Gasteiger partial charge in [0.2, 0.25) is 0 Å². The maximum Gasteiger partial charge on any atom is 0.184 e. The van der Waals surface area contributed by atoms with Crippen molar-refractivity contribution in [2.75, 3.05) is 0 Å². The zero-order chi connectivity index (χ0) is 11.5. The summed E-state index contributed by atoms with van der Waals surface area (Å²) in [6, 6.07) is 7.56. The maximum absolute atomic E-state index is 11.5. The SMILES string of the molecule is CCC(C#N)Oc1cccc2c1CCC2=O. The van der Waals surface area contributed by atoms with Crippen LogP contribution in [0.4, 0.5) is 0 Å². The van der Waals surface area contributed by atoms with Crippen LogP contribution in [0.2, 0.25) is 0 Å². The molecule has 2 rings (SSSR count). The minimum absolute atomic E-state index is 0.172. The molecule has 1 aliphatic rings. The number of nitrogens with zero attached hydrogens (tertiary/aromatic N) is 1. The van der Waals surface area contributed by atoms with E-state index in [0.29, 0.717) is 18.6 Å². The Morgan fingerprint density at radius 2 is 2.31 bits per heavy atom. The van der Waals surface area contributed by atoms with Crippen LogP contribution in [-0.4, -0.2) is 11.9 Å². The summed E-state index contributed by atoms with van der Waals surface area (Å²) in [6.07, 6.45) is 1.50. The van der Waals surface area contributed by atoms with Crippen LogP contribution in [-0.2, 0) is 6.42 Å². The molecule has 1 atom stereocenters. The summed E-state index contributed by atoms with van der Waals surface area (Å²) in [5.41, 5.74) is 1.71. The number of fused-ring (bicyclic) bond motifs is 1. The Bertz CT molecular complexity index is 459. The monoisotopic (exact) mass is 215 g/mol. The minimum Gasteiger partial charge on any atom is -0.475 e. The Morgan fingerprint density at radius 1 is 1.50 bits per heavy atom. The molecular weight excluding hydrogens is 202 g/mol. The van der Waals surface area contributed by atoms with Gasteiger partial charge in [0, 0.05) is 17.5 Å². The third-order valence-corrected chi connectivity index (χ3v) is 2.82. The molecule has 0 radical (unpaired) electrons. The van der Waals surface area contributed by atoms with Crippen molar-refractivity contribution in [3.8, 4) is 11.8 Å². The molecule has 0 saturated heterocycles. The van der Waals surface area contributed by atoms with Gasteiger partial charge in [0.25, 0.3) is 0 Å². The molecular formula is C13H13NO2. The van der Waals surface area contributed by atoms with Crippen molar-refractivity contribution in [3.05, 3.63) is 29.3 Å². The fraction of sp³-hybridized carbons (Fsp3) is 0.385. The van der Waals surface area contributed by atoms with E-state index in [4.69, 9.17) is 10.00 Å². The van der Waals surface area contributed by atoms with Crippen molar-refractivity contribution in [2.24, 2.45) is 0 Å². The lowest BCUT2D eigenvalue weighted by molar-refractivity contribution is 0.0994. The lowest BCUT2D eigenvalue weighted by Gasteiger charge is -2.13. The lowest BCUT2D eigenvalue weighted by atomic mass is 10.1. The predicted molar refractivity (Wildman–Crippen MR) is 59.4 cm³/mol. The highest BCUT2D eigenvalue weighted by Gasteiger charge is 2.23. The molecule has 0 fully saturated rings. The number of carbonyl (C=O) groups excluding carboxylic acids is 1. The molecule has 16 heavy (non-hydrogen) atoms. The second kappa shape index (κ2) is 4.36. The molecule has 0 amide bonds. The smallest absolute Gasteiger partial charge is 0.184 e. The zero-order valence-corrected chi connectivity index (χ0v) is 9.19. The van der Waals surface area contributed by atoms with Crippen LogP contribution in [0.1, 0.15) is 35.7 Å². The Morgan fingerprint density at radius 3 is 3.00 bits per heavy atom. The van der Waals surface area contributed by atoms with Gasteiger partial charge in [-0.05, 0) is 18.9 Å². The van der Waals surface area contributed by atoms with Crippen LogP contribution >= 0.6 is 0 Å². The summed E-state index contributed by atoms with van der Waals surface area (Å²) in [7, 11) is 0. The summed E-state index contributed by atoms with van der Waals surface area (Å²) in [5, 5.41) is 8.85. The number of ketones is 1. The van der Waals surface area contributed by atoms with Crippen LogP contribution in [0.15, 0.2) is 18.2 Å². The molecule has 0 bridgehead atoms. The van der Waals surface area contributed by atoms with E-state index in [0.717, 1.165) is 17.5 Å². The number of hydrogen-bond acceptors (Lipinski definition) is 3. The minimum atomic E-state index is -0.429. The number of carbonyl (C=O) groups is 1. The molecule has 1 aromatic carbocycles. The van der Waals surface area contributed by atoms with Crippen molar-refractivity contribution in [1.29, 1.82) is 5.26 Å². The van der Waals surface area contributed by atoms with Gasteiger partial charge in [-0.1, -0.05) is 19.1 Å². The number of nitriles is 1. The molecule has 1 aromatic rings. The molecule has 1 unspecified atom stereocenters. The Kier molecular flexibility index (Phi) is 2.91. The number of benzene rings is 1.